The molecule has 2 heterocycles. The van der Waals surface area contributed by atoms with E-state index in [2.05, 4.69) is 41.0 Å². The van der Waals surface area contributed by atoms with Crippen molar-refractivity contribution in [3.8, 4) is 11.3 Å². The lowest BCUT2D eigenvalue weighted by molar-refractivity contribution is 0.547. The number of rotatable bonds is 2. The predicted molar refractivity (Wildman–Crippen MR) is 78.2 cm³/mol. The van der Waals surface area contributed by atoms with Gasteiger partial charge >= 0.3 is 0 Å². The Morgan fingerprint density at radius 2 is 1.84 bits per heavy atom. The Labute approximate surface area is 114 Å². The summed E-state index contributed by atoms with van der Waals surface area (Å²) >= 11 is 0. The maximum atomic E-state index is 4.66. The Hall–Kier alpha value is -1.97. The maximum absolute atomic E-state index is 4.66. The van der Waals surface area contributed by atoms with Gasteiger partial charge in [0.15, 0.2) is 0 Å². The first kappa shape index (κ1) is 13.5. The molecule has 0 unspecified atom stereocenters. The molecule has 0 atom stereocenters. The van der Waals surface area contributed by atoms with Gasteiger partial charge in [-0.25, -0.2) is 9.97 Å². The van der Waals surface area contributed by atoms with E-state index in [1.54, 1.807) is 0 Å². The number of aromatic nitrogens is 3. The van der Waals surface area contributed by atoms with E-state index in [-0.39, 0.29) is 5.41 Å². The van der Waals surface area contributed by atoms with Gasteiger partial charge in [-0.3, -0.25) is 4.98 Å². The van der Waals surface area contributed by atoms with Crippen molar-refractivity contribution in [3.05, 3.63) is 35.9 Å². The molecule has 19 heavy (non-hydrogen) atoms. The molecule has 0 aromatic carbocycles. The standard InChI is InChI=1S/C15H20N4/c1-10-6-7-11(9-17-10)12-8-13(16-5)19-14(18-12)15(2,3)4/h6-9H,1-5H3,(H,16,18,19). The van der Waals surface area contributed by atoms with E-state index in [9.17, 15) is 0 Å². The maximum Gasteiger partial charge on any atom is 0.136 e. The first-order chi connectivity index (χ1) is 8.90. The molecule has 2 aromatic heterocycles. The highest BCUT2D eigenvalue weighted by atomic mass is 15.0. The van der Waals surface area contributed by atoms with Crippen LogP contribution in [0.5, 0.6) is 0 Å². The molecular weight excluding hydrogens is 236 g/mol. The summed E-state index contributed by atoms with van der Waals surface area (Å²) in [5.41, 5.74) is 2.83. The van der Waals surface area contributed by atoms with E-state index >= 15 is 0 Å². The quantitative estimate of drug-likeness (QED) is 0.896. The van der Waals surface area contributed by atoms with Gasteiger partial charge in [0.2, 0.25) is 0 Å². The fourth-order valence-corrected chi connectivity index (χ4v) is 1.68. The second kappa shape index (κ2) is 4.96. The molecule has 0 spiro atoms. The summed E-state index contributed by atoms with van der Waals surface area (Å²) < 4.78 is 0. The molecule has 0 saturated heterocycles. The van der Waals surface area contributed by atoms with Gasteiger partial charge in [-0.05, 0) is 19.1 Å². The SMILES string of the molecule is CNc1cc(-c2ccc(C)nc2)nc(C(C)(C)C)n1. The minimum atomic E-state index is -0.0836. The van der Waals surface area contributed by atoms with Crippen LogP contribution < -0.4 is 5.32 Å². The zero-order chi connectivity index (χ0) is 14.0. The van der Waals surface area contributed by atoms with E-state index in [0.29, 0.717) is 0 Å². The highest BCUT2D eigenvalue weighted by molar-refractivity contribution is 5.61. The lowest BCUT2D eigenvalue weighted by Gasteiger charge is -2.18. The van der Waals surface area contributed by atoms with Gasteiger partial charge in [0.05, 0.1) is 5.69 Å². The van der Waals surface area contributed by atoms with Crippen LogP contribution in [0.25, 0.3) is 11.3 Å². The van der Waals surface area contributed by atoms with Gasteiger partial charge in [-0.15, -0.1) is 0 Å². The van der Waals surface area contributed by atoms with E-state index < -0.39 is 0 Å². The van der Waals surface area contributed by atoms with Crippen LogP contribution in [0.2, 0.25) is 0 Å². The predicted octanol–water partition coefficient (Wildman–Crippen LogP) is 3.19. The fraction of sp³-hybridized carbons (Fsp3) is 0.400. The molecule has 0 aliphatic carbocycles. The van der Waals surface area contributed by atoms with E-state index in [4.69, 9.17) is 0 Å². The van der Waals surface area contributed by atoms with Crippen molar-refractivity contribution < 1.29 is 0 Å². The molecular formula is C15H20N4. The van der Waals surface area contributed by atoms with Crippen molar-refractivity contribution in [1.29, 1.82) is 0 Å². The summed E-state index contributed by atoms with van der Waals surface area (Å²) in [6, 6.07) is 5.98. The van der Waals surface area contributed by atoms with Crippen LogP contribution in [0.15, 0.2) is 24.4 Å². The highest BCUT2D eigenvalue weighted by Crippen LogP contribution is 2.25. The first-order valence-electron chi connectivity index (χ1n) is 6.40. The van der Waals surface area contributed by atoms with Gasteiger partial charge in [-0.1, -0.05) is 20.8 Å². The Balaban J connectivity index is 2.54. The number of pyridine rings is 1. The average Bonchev–Trinajstić information content (AvgIpc) is 2.38. The molecule has 0 amide bonds. The molecule has 4 heteroatoms. The van der Waals surface area contributed by atoms with Crippen LogP contribution in [0.1, 0.15) is 32.3 Å². The van der Waals surface area contributed by atoms with Crippen LogP contribution in [0.4, 0.5) is 5.82 Å². The molecule has 4 nitrogen and oxygen atoms in total. The second-order valence-electron chi connectivity index (χ2n) is 5.65. The molecule has 100 valence electrons. The van der Waals surface area contributed by atoms with Gasteiger partial charge in [0.25, 0.3) is 0 Å². The molecule has 2 rings (SSSR count). The largest absolute Gasteiger partial charge is 0.373 e. The minimum absolute atomic E-state index is 0.0836. The normalized spacial score (nSPS) is 11.4. The molecule has 1 N–H and O–H groups in total. The number of nitrogens with zero attached hydrogens (tertiary/aromatic N) is 3. The number of hydrogen-bond donors (Lipinski definition) is 1. The summed E-state index contributed by atoms with van der Waals surface area (Å²) in [5.74, 6) is 1.66. The van der Waals surface area contributed by atoms with Crippen molar-refractivity contribution in [2.24, 2.45) is 0 Å². The fourth-order valence-electron chi connectivity index (χ4n) is 1.68. The van der Waals surface area contributed by atoms with E-state index in [1.165, 1.54) is 0 Å². The summed E-state index contributed by atoms with van der Waals surface area (Å²) in [7, 11) is 1.87. The van der Waals surface area contributed by atoms with Crippen molar-refractivity contribution in [3.63, 3.8) is 0 Å². The molecule has 0 radical (unpaired) electrons. The van der Waals surface area contributed by atoms with Crippen molar-refractivity contribution in [2.45, 2.75) is 33.1 Å². The van der Waals surface area contributed by atoms with Crippen molar-refractivity contribution in [1.82, 2.24) is 15.0 Å². The third-order valence-electron chi connectivity index (χ3n) is 2.86. The Morgan fingerprint density at radius 3 is 2.37 bits per heavy atom. The molecule has 0 saturated carbocycles. The molecule has 0 fully saturated rings. The zero-order valence-electron chi connectivity index (χ0n) is 12.2. The van der Waals surface area contributed by atoms with E-state index in [0.717, 1.165) is 28.6 Å². The number of anilines is 1. The van der Waals surface area contributed by atoms with Gasteiger partial charge in [0, 0.05) is 36.0 Å². The van der Waals surface area contributed by atoms with Gasteiger partial charge in [0.1, 0.15) is 11.6 Å². The summed E-state index contributed by atoms with van der Waals surface area (Å²) in [5, 5.41) is 3.09. The van der Waals surface area contributed by atoms with E-state index in [1.807, 2.05) is 38.4 Å². The lowest BCUT2D eigenvalue weighted by atomic mass is 9.95. The lowest BCUT2D eigenvalue weighted by Crippen LogP contribution is -2.17. The average molecular weight is 256 g/mol. The number of hydrogen-bond acceptors (Lipinski definition) is 4. The van der Waals surface area contributed by atoms with Crippen LogP contribution in [-0.4, -0.2) is 22.0 Å². The monoisotopic (exact) mass is 256 g/mol. The van der Waals surface area contributed by atoms with Crippen LogP contribution >= 0.6 is 0 Å². The Bertz CT molecular complexity index is 568. The zero-order valence-corrected chi connectivity index (χ0v) is 12.2. The summed E-state index contributed by atoms with van der Waals surface area (Å²) in [6.07, 6.45) is 1.85. The Kier molecular flexibility index (Phi) is 3.51. The number of aryl methyl sites for hydroxylation is 1. The molecule has 0 aliphatic heterocycles. The smallest absolute Gasteiger partial charge is 0.136 e. The van der Waals surface area contributed by atoms with Crippen LogP contribution in [0.3, 0.4) is 0 Å². The van der Waals surface area contributed by atoms with Gasteiger partial charge in [-0.2, -0.15) is 0 Å². The van der Waals surface area contributed by atoms with Crippen LogP contribution in [-0.2, 0) is 5.41 Å². The highest BCUT2D eigenvalue weighted by Gasteiger charge is 2.19. The van der Waals surface area contributed by atoms with Crippen molar-refractivity contribution >= 4 is 5.82 Å². The van der Waals surface area contributed by atoms with Crippen molar-refractivity contribution in [2.75, 3.05) is 12.4 Å². The first-order valence-corrected chi connectivity index (χ1v) is 6.40. The second-order valence-corrected chi connectivity index (χ2v) is 5.65. The molecule has 2 aromatic rings. The van der Waals surface area contributed by atoms with Gasteiger partial charge < -0.3 is 5.32 Å². The minimum Gasteiger partial charge on any atom is -0.373 e. The third-order valence-corrected chi connectivity index (χ3v) is 2.86. The van der Waals surface area contributed by atoms with Crippen LogP contribution in [0, 0.1) is 6.92 Å². The summed E-state index contributed by atoms with van der Waals surface area (Å²) in [4.78, 5) is 13.5. The molecule has 0 aliphatic rings. The third kappa shape index (κ3) is 3.08. The number of nitrogens with one attached hydrogen (secondary N) is 1. The Morgan fingerprint density at radius 1 is 1.11 bits per heavy atom. The topological polar surface area (TPSA) is 50.7 Å². The summed E-state index contributed by atoms with van der Waals surface area (Å²) in [6.45, 7) is 8.31. The molecule has 0 bridgehead atoms.